The first-order valence-corrected chi connectivity index (χ1v) is 10.8. The fourth-order valence-corrected chi connectivity index (χ4v) is 4.92. The second-order valence-corrected chi connectivity index (χ2v) is 8.10. The van der Waals surface area contributed by atoms with E-state index in [0.717, 1.165) is 31.9 Å². The standard InChI is InChI=1S/C23H30N4O2/c1-2-24-23(26-13-11-16-7-4-3-5-8-16)25-12-6-14-27-21(28)19-17-9-10-18(15-17)20(19)22(27)29/h3-5,7-10,17-20H,2,6,11-15H2,1H3,(H2,24,25,26). The van der Waals surface area contributed by atoms with Gasteiger partial charge in [0.2, 0.25) is 11.8 Å². The SMILES string of the molecule is CCNC(=NCCCN1C(=O)C2C3C=CC(C3)C2C1=O)NCCc1ccccc1. The van der Waals surface area contributed by atoms with Crippen LogP contribution in [0.5, 0.6) is 0 Å². The fraction of sp³-hybridized carbons (Fsp3) is 0.522. The van der Waals surface area contributed by atoms with Gasteiger partial charge in [0.25, 0.3) is 0 Å². The average molecular weight is 395 g/mol. The summed E-state index contributed by atoms with van der Waals surface area (Å²) >= 11 is 0. The summed E-state index contributed by atoms with van der Waals surface area (Å²) in [6.45, 7) is 4.68. The Kier molecular flexibility index (Phi) is 5.97. The molecule has 2 fully saturated rings. The highest BCUT2D eigenvalue weighted by atomic mass is 16.2. The van der Waals surface area contributed by atoms with Crippen molar-refractivity contribution in [3.05, 3.63) is 48.0 Å². The zero-order valence-electron chi connectivity index (χ0n) is 17.0. The van der Waals surface area contributed by atoms with Gasteiger partial charge in [-0.1, -0.05) is 42.5 Å². The van der Waals surface area contributed by atoms with E-state index >= 15 is 0 Å². The van der Waals surface area contributed by atoms with Gasteiger partial charge in [0.1, 0.15) is 0 Å². The molecule has 0 aromatic heterocycles. The second kappa shape index (κ2) is 8.80. The third kappa shape index (κ3) is 4.07. The number of carbonyl (C=O) groups excluding carboxylic acids is 2. The Labute approximate surface area is 172 Å². The minimum absolute atomic E-state index is 0.0359. The smallest absolute Gasteiger partial charge is 0.233 e. The molecule has 2 aliphatic carbocycles. The molecule has 0 spiro atoms. The number of benzene rings is 1. The number of likely N-dealkylation sites (tertiary alicyclic amines) is 1. The molecule has 3 aliphatic rings. The lowest BCUT2D eigenvalue weighted by molar-refractivity contribution is -0.140. The summed E-state index contributed by atoms with van der Waals surface area (Å²) in [5.41, 5.74) is 1.29. The number of rotatable bonds is 8. The van der Waals surface area contributed by atoms with Crippen LogP contribution in [-0.4, -0.2) is 48.9 Å². The van der Waals surface area contributed by atoms with E-state index < -0.39 is 0 Å². The number of hydrogen-bond donors (Lipinski definition) is 2. The van der Waals surface area contributed by atoms with Gasteiger partial charge in [-0.3, -0.25) is 19.5 Å². The first kappa shape index (κ1) is 19.7. The van der Waals surface area contributed by atoms with Crippen molar-refractivity contribution in [2.45, 2.75) is 26.2 Å². The van der Waals surface area contributed by atoms with Crippen LogP contribution < -0.4 is 10.6 Å². The van der Waals surface area contributed by atoms with E-state index in [4.69, 9.17) is 0 Å². The van der Waals surface area contributed by atoms with Gasteiger partial charge in [-0.05, 0) is 43.6 Å². The van der Waals surface area contributed by atoms with Gasteiger partial charge in [0.15, 0.2) is 5.96 Å². The van der Waals surface area contributed by atoms with Gasteiger partial charge in [0, 0.05) is 26.2 Å². The van der Waals surface area contributed by atoms with Crippen LogP contribution in [0, 0.1) is 23.7 Å². The molecular weight excluding hydrogens is 364 g/mol. The Morgan fingerprint density at radius 1 is 1.07 bits per heavy atom. The molecule has 1 aliphatic heterocycles. The Balaban J connectivity index is 1.24. The van der Waals surface area contributed by atoms with Crippen LogP contribution in [0.1, 0.15) is 25.3 Å². The number of hydrogen-bond acceptors (Lipinski definition) is 3. The lowest BCUT2D eigenvalue weighted by Crippen LogP contribution is -2.38. The number of imide groups is 1. The number of allylic oxidation sites excluding steroid dienone is 2. The van der Waals surface area contributed by atoms with Crippen molar-refractivity contribution < 1.29 is 9.59 Å². The molecule has 2 amide bonds. The average Bonchev–Trinajstić information content (AvgIpc) is 3.41. The van der Waals surface area contributed by atoms with Gasteiger partial charge < -0.3 is 10.6 Å². The summed E-state index contributed by atoms with van der Waals surface area (Å²) in [5, 5.41) is 6.60. The number of amides is 2. The van der Waals surface area contributed by atoms with Crippen LogP contribution in [0.25, 0.3) is 0 Å². The predicted molar refractivity (Wildman–Crippen MR) is 113 cm³/mol. The van der Waals surface area contributed by atoms with Gasteiger partial charge in [-0.15, -0.1) is 0 Å². The number of guanidine groups is 1. The normalized spacial score (nSPS) is 27.6. The Morgan fingerprint density at radius 2 is 1.76 bits per heavy atom. The van der Waals surface area contributed by atoms with E-state index in [1.807, 2.05) is 25.1 Å². The summed E-state index contributed by atoms with van der Waals surface area (Å²) in [6, 6.07) is 10.4. The maximum Gasteiger partial charge on any atom is 0.233 e. The molecule has 154 valence electrons. The molecule has 1 aromatic rings. The van der Waals surface area contributed by atoms with E-state index in [0.29, 0.717) is 19.5 Å². The fourth-order valence-electron chi connectivity index (χ4n) is 4.92. The van der Waals surface area contributed by atoms with Gasteiger partial charge in [-0.25, -0.2) is 0 Å². The zero-order valence-corrected chi connectivity index (χ0v) is 17.0. The largest absolute Gasteiger partial charge is 0.357 e. The number of fused-ring (bicyclic) bond motifs is 5. The number of carbonyl (C=O) groups is 2. The van der Waals surface area contributed by atoms with Crippen molar-refractivity contribution in [2.24, 2.45) is 28.7 Å². The molecule has 1 saturated heterocycles. The molecule has 4 unspecified atom stereocenters. The summed E-state index contributed by atoms with van der Waals surface area (Å²) in [6.07, 6.45) is 6.87. The van der Waals surface area contributed by atoms with Crippen molar-refractivity contribution in [1.82, 2.24) is 15.5 Å². The highest BCUT2D eigenvalue weighted by Gasteiger charge is 2.58. The van der Waals surface area contributed by atoms with Crippen LogP contribution >= 0.6 is 0 Å². The van der Waals surface area contributed by atoms with E-state index in [-0.39, 0.29) is 35.5 Å². The van der Waals surface area contributed by atoms with Crippen LogP contribution in [0.4, 0.5) is 0 Å². The van der Waals surface area contributed by atoms with E-state index in [1.54, 1.807) is 0 Å². The second-order valence-electron chi connectivity index (χ2n) is 8.10. The van der Waals surface area contributed by atoms with E-state index in [1.165, 1.54) is 10.5 Å². The minimum Gasteiger partial charge on any atom is -0.357 e. The van der Waals surface area contributed by atoms with Crippen LogP contribution in [0.2, 0.25) is 0 Å². The molecule has 6 nitrogen and oxygen atoms in total. The summed E-state index contributed by atoms with van der Waals surface area (Å²) in [5.74, 6) is 1.21. The number of aliphatic imine (C=N–C) groups is 1. The molecule has 4 rings (SSSR count). The molecule has 0 radical (unpaired) electrons. The summed E-state index contributed by atoms with van der Waals surface area (Å²) < 4.78 is 0. The lowest BCUT2D eigenvalue weighted by Gasteiger charge is -2.17. The highest BCUT2D eigenvalue weighted by molar-refractivity contribution is 6.06. The third-order valence-electron chi connectivity index (χ3n) is 6.26. The molecule has 29 heavy (non-hydrogen) atoms. The first-order chi connectivity index (χ1) is 14.2. The molecule has 6 heteroatoms. The zero-order chi connectivity index (χ0) is 20.2. The Morgan fingerprint density at radius 3 is 2.41 bits per heavy atom. The van der Waals surface area contributed by atoms with Crippen molar-refractivity contribution in [2.75, 3.05) is 26.2 Å². The number of nitrogens with one attached hydrogen (secondary N) is 2. The molecule has 1 heterocycles. The topological polar surface area (TPSA) is 73.8 Å². The molecule has 1 saturated carbocycles. The van der Waals surface area contributed by atoms with Crippen molar-refractivity contribution in [1.29, 1.82) is 0 Å². The molecule has 2 N–H and O–H groups in total. The van der Waals surface area contributed by atoms with Gasteiger partial charge in [0.05, 0.1) is 11.8 Å². The number of nitrogens with zero attached hydrogens (tertiary/aromatic N) is 2. The maximum atomic E-state index is 12.7. The van der Waals surface area contributed by atoms with E-state index in [9.17, 15) is 9.59 Å². The molecule has 2 bridgehead atoms. The molecule has 4 atom stereocenters. The molecule has 1 aromatic carbocycles. The molecular formula is C23H30N4O2. The Hall–Kier alpha value is -2.63. The summed E-state index contributed by atoms with van der Waals surface area (Å²) in [7, 11) is 0. The quantitative estimate of drug-likeness (QED) is 0.232. The Bertz CT molecular complexity index is 774. The monoisotopic (exact) mass is 394 g/mol. The third-order valence-corrected chi connectivity index (χ3v) is 6.26. The van der Waals surface area contributed by atoms with Crippen LogP contribution in [0.3, 0.4) is 0 Å². The minimum atomic E-state index is -0.0991. The highest BCUT2D eigenvalue weighted by Crippen LogP contribution is 2.52. The van der Waals surface area contributed by atoms with Gasteiger partial charge in [-0.2, -0.15) is 0 Å². The lowest BCUT2D eigenvalue weighted by atomic mass is 9.85. The van der Waals surface area contributed by atoms with Crippen LogP contribution in [0.15, 0.2) is 47.5 Å². The summed E-state index contributed by atoms with van der Waals surface area (Å²) in [4.78, 5) is 31.5. The van der Waals surface area contributed by atoms with Gasteiger partial charge >= 0.3 is 0 Å². The van der Waals surface area contributed by atoms with E-state index in [2.05, 4.69) is 39.9 Å². The van der Waals surface area contributed by atoms with Crippen molar-refractivity contribution in [3.8, 4) is 0 Å². The van der Waals surface area contributed by atoms with Crippen molar-refractivity contribution in [3.63, 3.8) is 0 Å². The predicted octanol–water partition coefficient (Wildman–Crippen LogP) is 1.98. The first-order valence-electron chi connectivity index (χ1n) is 10.8. The van der Waals surface area contributed by atoms with Crippen molar-refractivity contribution >= 4 is 17.8 Å². The van der Waals surface area contributed by atoms with Crippen LogP contribution in [-0.2, 0) is 16.0 Å². The maximum absolute atomic E-state index is 12.7.